The summed E-state index contributed by atoms with van der Waals surface area (Å²) in [5, 5.41) is 0. The van der Waals surface area contributed by atoms with Gasteiger partial charge in [0.1, 0.15) is 0 Å². The van der Waals surface area contributed by atoms with E-state index in [-0.39, 0.29) is 0 Å². The Morgan fingerprint density at radius 1 is 1.45 bits per heavy atom. The zero-order valence-corrected chi connectivity index (χ0v) is 6.38. The predicted octanol–water partition coefficient (Wildman–Crippen LogP) is 2.47. The maximum Gasteiger partial charge on any atom is 0.0320 e. The van der Waals surface area contributed by atoms with Crippen molar-refractivity contribution >= 4 is 11.3 Å². The van der Waals surface area contributed by atoms with Crippen molar-refractivity contribution in [1.29, 1.82) is 0 Å². The molecule has 1 nitrogen and oxygen atoms in total. The molecule has 0 aromatic heterocycles. The summed E-state index contributed by atoms with van der Waals surface area (Å²) in [7, 11) is 0. The van der Waals surface area contributed by atoms with E-state index in [4.69, 9.17) is 5.73 Å². The molecule has 0 radical (unpaired) electrons. The Kier molecular flexibility index (Phi) is 2.12. The van der Waals surface area contributed by atoms with Gasteiger partial charge in [-0.05, 0) is 23.3 Å². The average molecular weight is 145 g/mol. The highest BCUT2D eigenvalue weighted by molar-refractivity contribution is 5.73. The molecule has 0 spiro atoms. The van der Waals surface area contributed by atoms with Crippen LogP contribution in [0.4, 0.5) is 5.69 Å². The number of hydrogen-bond acceptors (Lipinski definition) is 1. The SMILES string of the molecule is C=CC(=C)c1cccc(N)c1. The van der Waals surface area contributed by atoms with Crippen molar-refractivity contribution in [2.75, 3.05) is 5.73 Å². The first-order valence-electron chi connectivity index (χ1n) is 3.41. The van der Waals surface area contributed by atoms with Gasteiger partial charge in [0.2, 0.25) is 0 Å². The van der Waals surface area contributed by atoms with Crippen LogP contribution in [0.3, 0.4) is 0 Å². The average Bonchev–Trinajstić information content (AvgIpc) is 2.03. The fourth-order valence-corrected chi connectivity index (χ4v) is 0.856. The maximum atomic E-state index is 5.58. The van der Waals surface area contributed by atoms with Crippen molar-refractivity contribution in [2.45, 2.75) is 0 Å². The maximum absolute atomic E-state index is 5.58. The molecule has 1 heteroatoms. The first kappa shape index (κ1) is 7.61. The molecule has 0 fully saturated rings. The molecule has 0 atom stereocenters. The Hall–Kier alpha value is -1.50. The van der Waals surface area contributed by atoms with Gasteiger partial charge in [0.15, 0.2) is 0 Å². The fourth-order valence-electron chi connectivity index (χ4n) is 0.856. The number of hydrogen-bond donors (Lipinski definition) is 1. The minimum Gasteiger partial charge on any atom is -0.399 e. The van der Waals surface area contributed by atoms with Crippen molar-refractivity contribution in [1.82, 2.24) is 0 Å². The second-order valence-electron chi connectivity index (χ2n) is 2.35. The van der Waals surface area contributed by atoms with Gasteiger partial charge in [0.25, 0.3) is 0 Å². The third-order valence-electron chi connectivity index (χ3n) is 1.50. The third kappa shape index (κ3) is 1.71. The van der Waals surface area contributed by atoms with Crippen LogP contribution < -0.4 is 5.73 Å². The Morgan fingerprint density at radius 2 is 2.18 bits per heavy atom. The van der Waals surface area contributed by atoms with E-state index in [1.54, 1.807) is 6.08 Å². The van der Waals surface area contributed by atoms with E-state index >= 15 is 0 Å². The molecule has 1 aromatic carbocycles. The van der Waals surface area contributed by atoms with E-state index in [2.05, 4.69) is 13.2 Å². The van der Waals surface area contributed by atoms with Crippen molar-refractivity contribution in [2.24, 2.45) is 0 Å². The molecule has 0 aliphatic heterocycles. The number of nitrogen functional groups attached to an aromatic ring is 1. The Morgan fingerprint density at radius 3 is 2.73 bits per heavy atom. The summed E-state index contributed by atoms with van der Waals surface area (Å²) >= 11 is 0. The van der Waals surface area contributed by atoms with Crippen LogP contribution in [0, 0.1) is 0 Å². The van der Waals surface area contributed by atoms with Crippen LogP contribution in [0.5, 0.6) is 0 Å². The summed E-state index contributed by atoms with van der Waals surface area (Å²) in [6, 6.07) is 7.59. The van der Waals surface area contributed by atoms with Gasteiger partial charge in [-0.15, -0.1) is 0 Å². The first-order valence-corrected chi connectivity index (χ1v) is 3.41. The van der Waals surface area contributed by atoms with Gasteiger partial charge >= 0.3 is 0 Å². The van der Waals surface area contributed by atoms with Gasteiger partial charge in [0, 0.05) is 5.69 Å². The van der Waals surface area contributed by atoms with E-state index < -0.39 is 0 Å². The van der Waals surface area contributed by atoms with Crippen molar-refractivity contribution < 1.29 is 0 Å². The van der Waals surface area contributed by atoms with Crippen LogP contribution in [0.1, 0.15) is 5.56 Å². The van der Waals surface area contributed by atoms with E-state index in [9.17, 15) is 0 Å². The number of rotatable bonds is 2. The van der Waals surface area contributed by atoms with E-state index in [1.165, 1.54) is 0 Å². The van der Waals surface area contributed by atoms with Gasteiger partial charge in [-0.25, -0.2) is 0 Å². The molecule has 0 aliphatic carbocycles. The minimum atomic E-state index is 0.755. The molecule has 0 aliphatic rings. The summed E-state index contributed by atoms with van der Waals surface area (Å²) in [4.78, 5) is 0. The number of anilines is 1. The Balaban J connectivity index is 3.05. The normalized spacial score (nSPS) is 9.09. The molecule has 0 amide bonds. The molecule has 56 valence electrons. The summed E-state index contributed by atoms with van der Waals surface area (Å²) in [5.41, 5.74) is 8.26. The highest BCUT2D eigenvalue weighted by Crippen LogP contribution is 2.15. The molecule has 0 unspecified atom stereocenters. The standard InChI is InChI=1S/C10H11N/c1-3-8(2)9-5-4-6-10(11)7-9/h3-7H,1-2,11H2. The predicted molar refractivity (Wildman–Crippen MR) is 50.1 cm³/mol. The van der Waals surface area contributed by atoms with Crippen LogP contribution in [-0.2, 0) is 0 Å². The molecule has 0 saturated carbocycles. The second kappa shape index (κ2) is 3.06. The number of nitrogens with two attached hydrogens (primary N) is 1. The van der Waals surface area contributed by atoms with Crippen molar-refractivity contribution in [3.63, 3.8) is 0 Å². The third-order valence-corrected chi connectivity index (χ3v) is 1.50. The first-order chi connectivity index (χ1) is 5.24. The van der Waals surface area contributed by atoms with Crippen LogP contribution in [0.15, 0.2) is 43.5 Å². The van der Waals surface area contributed by atoms with Crippen LogP contribution in [0.2, 0.25) is 0 Å². The summed E-state index contributed by atoms with van der Waals surface area (Å²) in [6.45, 7) is 7.44. The van der Waals surface area contributed by atoms with E-state index in [0.717, 1.165) is 16.8 Å². The highest BCUT2D eigenvalue weighted by Gasteiger charge is 1.92. The molecular formula is C10H11N. The smallest absolute Gasteiger partial charge is 0.0320 e. The lowest BCUT2D eigenvalue weighted by Crippen LogP contribution is -1.85. The van der Waals surface area contributed by atoms with Crippen LogP contribution >= 0.6 is 0 Å². The molecule has 1 aromatic rings. The van der Waals surface area contributed by atoms with Gasteiger partial charge in [-0.1, -0.05) is 31.4 Å². The quantitative estimate of drug-likeness (QED) is 0.502. The monoisotopic (exact) mass is 145 g/mol. The second-order valence-corrected chi connectivity index (χ2v) is 2.35. The van der Waals surface area contributed by atoms with Gasteiger partial charge in [-0.2, -0.15) is 0 Å². The lowest BCUT2D eigenvalue weighted by Gasteiger charge is -1.99. The number of benzene rings is 1. The van der Waals surface area contributed by atoms with E-state index in [1.807, 2.05) is 24.3 Å². The largest absolute Gasteiger partial charge is 0.399 e. The van der Waals surface area contributed by atoms with Gasteiger partial charge in [-0.3, -0.25) is 0 Å². The summed E-state index contributed by atoms with van der Waals surface area (Å²) in [6.07, 6.45) is 1.72. The highest BCUT2D eigenvalue weighted by atomic mass is 14.5. The van der Waals surface area contributed by atoms with Gasteiger partial charge < -0.3 is 5.73 Å². The van der Waals surface area contributed by atoms with E-state index in [0.29, 0.717) is 0 Å². The molecular weight excluding hydrogens is 134 g/mol. The molecule has 11 heavy (non-hydrogen) atoms. The topological polar surface area (TPSA) is 26.0 Å². The lowest BCUT2D eigenvalue weighted by atomic mass is 10.1. The zero-order chi connectivity index (χ0) is 8.27. The fraction of sp³-hybridized carbons (Fsp3) is 0. The summed E-state index contributed by atoms with van der Waals surface area (Å²) in [5.74, 6) is 0. The summed E-state index contributed by atoms with van der Waals surface area (Å²) < 4.78 is 0. The molecule has 0 bridgehead atoms. The Labute approximate surface area is 66.9 Å². The van der Waals surface area contributed by atoms with Crippen molar-refractivity contribution in [3.05, 3.63) is 49.1 Å². The Bertz CT molecular complexity index is 287. The van der Waals surface area contributed by atoms with Crippen LogP contribution in [-0.4, -0.2) is 0 Å². The van der Waals surface area contributed by atoms with Crippen LogP contribution in [0.25, 0.3) is 5.57 Å². The van der Waals surface area contributed by atoms with Gasteiger partial charge in [0.05, 0.1) is 0 Å². The lowest BCUT2D eigenvalue weighted by molar-refractivity contribution is 1.62. The zero-order valence-electron chi connectivity index (χ0n) is 6.38. The molecule has 0 saturated heterocycles. The molecule has 1 rings (SSSR count). The number of allylic oxidation sites excluding steroid dienone is 2. The minimum absolute atomic E-state index is 0.755. The van der Waals surface area contributed by atoms with Crippen molar-refractivity contribution in [3.8, 4) is 0 Å². The molecule has 2 N–H and O–H groups in total. The molecule has 0 heterocycles.